The van der Waals surface area contributed by atoms with Crippen LogP contribution in [0, 0.1) is 0 Å². The Hall–Kier alpha value is -3.19. The third-order valence-electron chi connectivity index (χ3n) is 6.01. The number of aliphatic hydroxyl groups excluding tert-OH is 1. The first-order valence-electron chi connectivity index (χ1n) is 11.7. The molecular formula is C26H33N3O4. The van der Waals surface area contributed by atoms with E-state index in [4.69, 9.17) is 4.74 Å². The predicted octanol–water partition coefficient (Wildman–Crippen LogP) is 4.02. The lowest BCUT2D eigenvalue weighted by Gasteiger charge is -2.28. The third-order valence-corrected chi connectivity index (χ3v) is 6.01. The van der Waals surface area contributed by atoms with Crippen LogP contribution in [0.5, 0.6) is 5.75 Å². The van der Waals surface area contributed by atoms with Gasteiger partial charge in [0.1, 0.15) is 11.5 Å². The van der Waals surface area contributed by atoms with Gasteiger partial charge >= 0.3 is 0 Å². The number of ether oxygens (including phenoxy) is 1. The summed E-state index contributed by atoms with van der Waals surface area (Å²) in [6.07, 6.45) is 5.11. The molecule has 33 heavy (non-hydrogen) atoms. The number of aliphatic hydroxyl groups is 1. The molecule has 1 atom stereocenters. The Kier molecular flexibility index (Phi) is 8.60. The Morgan fingerprint density at radius 2 is 1.73 bits per heavy atom. The number of unbranched alkanes of at least 4 members (excludes halogenated alkanes) is 1. The van der Waals surface area contributed by atoms with Crippen molar-refractivity contribution < 1.29 is 19.4 Å². The molecule has 176 valence electrons. The quantitative estimate of drug-likeness (QED) is 0.240. The van der Waals surface area contributed by atoms with Crippen LogP contribution in [0.25, 0.3) is 5.76 Å². The molecule has 1 N–H and O–H groups in total. The van der Waals surface area contributed by atoms with Gasteiger partial charge in [-0.25, -0.2) is 0 Å². The van der Waals surface area contributed by atoms with E-state index in [9.17, 15) is 14.7 Å². The molecule has 7 nitrogen and oxygen atoms in total. The molecule has 1 fully saturated rings. The second-order valence-corrected chi connectivity index (χ2v) is 8.03. The average molecular weight is 452 g/mol. The van der Waals surface area contributed by atoms with Gasteiger partial charge in [0, 0.05) is 31.0 Å². The van der Waals surface area contributed by atoms with Gasteiger partial charge in [0.05, 0.1) is 18.2 Å². The van der Waals surface area contributed by atoms with E-state index in [0.717, 1.165) is 37.2 Å². The second-order valence-electron chi connectivity index (χ2n) is 8.03. The summed E-state index contributed by atoms with van der Waals surface area (Å²) in [4.78, 5) is 33.9. The molecule has 0 radical (unpaired) electrons. The Bertz CT molecular complexity index is 969. The Labute approximate surface area is 195 Å². The minimum Gasteiger partial charge on any atom is -0.507 e. The van der Waals surface area contributed by atoms with Gasteiger partial charge in [-0.05, 0) is 49.3 Å². The van der Waals surface area contributed by atoms with Crippen LogP contribution in [0.4, 0.5) is 0 Å². The van der Waals surface area contributed by atoms with Gasteiger partial charge in [0.2, 0.25) is 0 Å². The number of carbonyl (C=O) groups excluding carboxylic acids is 2. The topological polar surface area (TPSA) is 83.0 Å². The smallest absolute Gasteiger partial charge is 0.295 e. The average Bonchev–Trinajstić information content (AvgIpc) is 3.10. The predicted molar refractivity (Wildman–Crippen MR) is 128 cm³/mol. The van der Waals surface area contributed by atoms with Crippen molar-refractivity contribution in [2.75, 3.05) is 32.8 Å². The summed E-state index contributed by atoms with van der Waals surface area (Å²) in [7, 11) is 0. The summed E-state index contributed by atoms with van der Waals surface area (Å²) in [6, 6.07) is 10.0. The van der Waals surface area contributed by atoms with E-state index < -0.39 is 17.7 Å². The normalized spacial score (nSPS) is 17.7. The van der Waals surface area contributed by atoms with Crippen LogP contribution in [-0.2, 0) is 9.59 Å². The fourth-order valence-corrected chi connectivity index (χ4v) is 3.99. The number of ketones is 1. The Morgan fingerprint density at radius 1 is 1.06 bits per heavy atom. The number of pyridine rings is 1. The van der Waals surface area contributed by atoms with Gasteiger partial charge in [0.25, 0.3) is 11.7 Å². The molecule has 1 amide bonds. The molecule has 0 bridgehead atoms. The highest BCUT2D eigenvalue weighted by Gasteiger charge is 2.45. The lowest BCUT2D eigenvalue weighted by Crippen LogP contribution is -2.38. The number of Topliss-reactive ketones (excluding diaryl/α,β-unsaturated/α-hetero) is 1. The van der Waals surface area contributed by atoms with Gasteiger partial charge in [-0.3, -0.25) is 14.6 Å². The number of hydrogen-bond donors (Lipinski definition) is 1. The summed E-state index contributed by atoms with van der Waals surface area (Å²) >= 11 is 0. The number of rotatable bonds is 11. The molecule has 0 aliphatic carbocycles. The van der Waals surface area contributed by atoms with Crippen molar-refractivity contribution in [3.8, 4) is 5.75 Å². The number of amides is 1. The number of likely N-dealkylation sites (N-methyl/N-ethyl adjacent to an activating group) is 1. The van der Waals surface area contributed by atoms with Crippen molar-refractivity contribution in [1.29, 1.82) is 0 Å². The molecule has 0 spiro atoms. The summed E-state index contributed by atoms with van der Waals surface area (Å²) in [5, 5.41) is 11.0. The largest absolute Gasteiger partial charge is 0.507 e. The number of aromatic nitrogens is 1. The van der Waals surface area contributed by atoms with Crippen molar-refractivity contribution in [1.82, 2.24) is 14.8 Å². The number of likely N-dealkylation sites (tertiary alicyclic amines) is 1. The highest BCUT2D eigenvalue weighted by atomic mass is 16.5. The zero-order valence-electron chi connectivity index (χ0n) is 19.7. The maximum absolute atomic E-state index is 13.1. The fraction of sp³-hybridized carbons (Fsp3) is 0.423. The van der Waals surface area contributed by atoms with E-state index in [1.807, 2.05) is 24.3 Å². The van der Waals surface area contributed by atoms with Gasteiger partial charge < -0.3 is 19.6 Å². The highest BCUT2D eigenvalue weighted by molar-refractivity contribution is 6.46. The molecule has 2 heterocycles. The van der Waals surface area contributed by atoms with Crippen molar-refractivity contribution in [3.05, 3.63) is 65.5 Å². The monoisotopic (exact) mass is 451 g/mol. The van der Waals surface area contributed by atoms with Crippen LogP contribution in [0.3, 0.4) is 0 Å². The van der Waals surface area contributed by atoms with E-state index in [0.29, 0.717) is 25.3 Å². The molecule has 1 aliphatic heterocycles. The Morgan fingerprint density at radius 3 is 2.33 bits per heavy atom. The van der Waals surface area contributed by atoms with Crippen LogP contribution in [0.1, 0.15) is 50.8 Å². The van der Waals surface area contributed by atoms with Gasteiger partial charge in [0.15, 0.2) is 0 Å². The lowest BCUT2D eigenvalue weighted by atomic mass is 9.95. The molecular weight excluding hydrogens is 418 g/mol. The number of nitrogens with zero attached hydrogens (tertiary/aromatic N) is 3. The summed E-state index contributed by atoms with van der Waals surface area (Å²) < 4.78 is 5.76. The van der Waals surface area contributed by atoms with E-state index in [1.165, 1.54) is 0 Å². The zero-order chi connectivity index (χ0) is 23.8. The van der Waals surface area contributed by atoms with Gasteiger partial charge in [-0.15, -0.1) is 0 Å². The number of benzene rings is 1. The molecule has 1 aromatic carbocycles. The summed E-state index contributed by atoms with van der Waals surface area (Å²) in [6.45, 7) is 9.61. The molecule has 1 saturated heterocycles. The first-order chi connectivity index (χ1) is 16.0. The maximum Gasteiger partial charge on any atom is 0.295 e. The lowest BCUT2D eigenvalue weighted by molar-refractivity contribution is -0.140. The molecule has 1 unspecified atom stereocenters. The maximum atomic E-state index is 13.1. The third kappa shape index (κ3) is 5.60. The second kappa shape index (κ2) is 11.6. The number of hydrogen-bond acceptors (Lipinski definition) is 6. The zero-order valence-corrected chi connectivity index (χ0v) is 19.7. The van der Waals surface area contributed by atoms with E-state index in [1.54, 1.807) is 29.4 Å². The fourth-order valence-electron chi connectivity index (χ4n) is 3.99. The first kappa shape index (κ1) is 24.5. The van der Waals surface area contributed by atoms with Crippen LogP contribution in [0.2, 0.25) is 0 Å². The molecule has 7 heteroatoms. The van der Waals surface area contributed by atoms with Crippen molar-refractivity contribution in [2.24, 2.45) is 0 Å². The van der Waals surface area contributed by atoms with Crippen LogP contribution in [-0.4, -0.2) is 64.4 Å². The van der Waals surface area contributed by atoms with E-state index in [-0.39, 0.29) is 11.3 Å². The Balaban J connectivity index is 1.99. The first-order valence-corrected chi connectivity index (χ1v) is 11.7. The van der Waals surface area contributed by atoms with Crippen molar-refractivity contribution >= 4 is 17.4 Å². The molecule has 3 rings (SSSR count). The molecule has 1 aliphatic rings. The number of carbonyl (C=O) groups is 2. The van der Waals surface area contributed by atoms with Gasteiger partial charge in [-0.1, -0.05) is 39.3 Å². The van der Waals surface area contributed by atoms with E-state index >= 15 is 0 Å². The molecule has 1 aromatic heterocycles. The minimum absolute atomic E-state index is 0.102. The van der Waals surface area contributed by atoms with Crippen LogP contribution in [0.15, 0.2) is 54.4 Å². The van der Waals surface area contributed by atoms with Crippen molar-refractivity contribution in [3.63, 3.8) is 0 Å². The standard InChI is InChI=1S/C26H33N3O4/c1-4-7-18-33-21-10-8-19(9-11-21)23-22(24(30)20-12-14-27-15-13-20)25(31)26(32)29(23)17-16-28(5-2)6-3/h8-15,23,30H,4-7,16-18H2,1-3H3. The van der Waals surface area contributed by atoms with Crippen LogP contribution < -0.4 is 4.74 Å². The van der Waals surface area contributed by atoms with Gasteiger partial charge in [-0.2, -0.15) is 0 Å². The summed E-state index contributed by atoms with van der Waals surface area (Å²) in [5.74, 6) is -0.709. The SMILES string of the molecule is CCCCOc1ccc(C2C(=C(O)c3ccncc3)C(=O)C(=O)N2CCN(CC)CC)cc1. The molecule has 0 saturated carbocycles. The van der Waals surface area contributed by atoms with E-state index in [2.05, 4.69) is 30.7 Å². The van der Waals surface area contributed by atoms with Crippen LogP contribution >= 0.6 is 0 Å². The molecule has 2 aromatic rings. The van der Waals surface area contributed by atoms with Crippen molar-refractivity contribution in [2.45, 2.75) is 39.7 Å². The summed E-state index contributed by atoms with van der Waals surface area (Å²) in [5.41, 5.74) is 1.31. The minimum atomic E-state index is -0.669. The highest BCUT2D eigenvalue weighted by Crippen LogP contribution is 2.39.